The lowest BCUT2D eigenvalue weighted by atomic mass is 10.0. The van der Waals surface area contributed by atoms with Crippen LogP contribution in [-0.2, 0) is 0 Å². The number of methoxy groups -OCH3 is 2. The molecule has 9 nitrogen and oxygen atoms in total. The molecule has 2 fully saturated rings. The molecular formula is C36H38N4O5. The van der Waals surface area contributed by atoms with Gasteiger partial charge in [0.15, 0.2) is 11.5 Å². The number of hydrogen-bond donors (Lipinski definition) is 1. The van der Waals surface area contributed by atoms with Gasteiger partial charge in [0.25, 0.3) is 11.8 Å². The van der Waals surface area contributed by atoms with E-state index in [1.807, 2.05) is 82.6 Å². The first-order chi connectivity index (χ1) is 21.9. The number of aromatic nitrogens is 1. The zero-order chi connectivity index (χ0) is 31.3. The number of ether oxygens (including phenoxy) is 2. The second kappa shape index (κ2) is 13.4. The van der Waals surface area contributed by atoms with Gasteiger partial charge >= 0.3 is 0 Å². The molecule has 3 aromatic carbocycles. The van der Waals surface area contributed by atoms with E-state index >= 15 is 0 Å². The molecule has 3 heterocycles. The molecule has 0 radical (unpaired) electrons. The van der Waals surface area contributed by atoms with E-state index in [0.29, 0.717) is 43.3 Å². The van der Waals surface area contributed by atoms with Crippen molar-refractivity contribution in [3.05, 3.63) is 96.1 Å². The van der Waals surface area contributed by atoms with Crippen molar-refractivity contribution >= 4 is 11.8 Å². The minimum Gasteiger partial charge on any atom is -0.502 e. The van der Waals surface area contributed by atoms with E-state index in [-0.39, 0.29) is 29.1 Å². The normalized spacial score (nSPS) is 16.0. The number of pyridine rings is 1. The molecule has 2 amide bonds. The van der Waals surface area contributed by atoms with Crippen LogP contribution in [0.5, 0.6) is 17.2 Å². The monoisotopic (exact) mass is 606 g/mol. The summed E-state index contributed by atoms with van der Waals surface area (Å²) in [6, 6.07) is 27.2. The summed E-state index contributed by atoms with van der Waals surface area (Å²) in [5.74, 6) is 0.206. The first-order valence-corrected chi connectivity index (χ1v) is 15.4. The number of amides is 2. The van der Waals surface area contributed by atoms with Crippen LogP contribution in [0.2, 0.25) is 0 Å². The molecular weight excluding hydrogens is 568 g/mol. The van der Waals surface area contributed by atoms with E-state index in [2.05, 4.69) is 4.90 Å². The molecule has 232 valence electrons. The number of likely N-dealkylation sites (tertiary alicyclic amines) is 1. The molecule has 2 aliphatic heterocycles. The standard InChI is InChI=1S/C36H38N4O5/c1-44-32-23-28(24-33(45-2)34(32)41)36(43)39-15-13-29(14-16-39)38-17-19-40(20-18-38)35(42)27-21-30(25-9-5-3-6-10-25)37-31(22-27)26-11-7-4-8-12-26/h3-12,21-24,29,41H,13-20H2,1-2H3. The molecule has 9 heteroatoms. The Hall–Kier alpha value is -4.89. The molecule has 0 aliphatic carbocycles. The molecule has 0 unspecified atom stereocenters. The Labute approximate surface area is 263 Å². The Kier molecular flexibility index (Phi) is 8.98. The van der Waals surface area contributed by atoms with Gasteiger partial charge in [0.05, 0.1) is 25.6 Å². The van der Waals surface area contributed by atoms with E-state index < -0.39 is 0 Å². The van der Waals surface area contributed by atoms with Crippen molar-refractivity contribution in [2.45, 2.75) is 18.9 Å². The van der Waals surface area contributed by atoms with Gasteiger partial charge < -0.3 is 24.4 Å². The Morgan fingerprint density at radius 1 is 0.667 bits per heavy atom. The number of carbonyl (C=O) groups excluding carboxylic acids is 2. The van der Waals surface area contributed by atoms with Crippen LogP contribution in [-0.4, -0.2) is 96.1 Å². The van der Waals surface area contributed by atoms with E-state index in [9.17, 15) is 14.7 Å². The highest BCUT2D eigenvalue weighted by Gasteiger charge is 2.31. The van der Waals surface area contributed by atoms with Gasteiger partial charge in [-0.05, 0) is 37.1 Å². The quantitative estimate of drug-likeness (QED) is 0.309. The molecule has 0 spiro atoms. The summed E-state index contributed by atoms with van der Waals surface area (Å²) in [4.78, 5) is 38.2. The summed E-state index contributed by atoms with van der Waals surface area (Å²) >= 11 is 0. The van der Waals surface area contributed by atoms with Gasteiger partial charge in [0.2, 0.25) is 5.75 Å². The van der Waals surface area contributed by atoms with Gasteiger partial charge in [-0.3, -0.25) is 14.5 Å². The zero-order valence-corrected chi connectivity index (χ0v) is 25.7. The lowest BCUT2D eigenvalue weighted by Crippen LogP contribution is -2.54. The zero-order valence-electron chi connectivity index (χ0n) is 25.7. The maximum absolute atomic E-state index is 13.8. The van der Waals surface area contributed by atoms with E-state index in [1.54, 1.807) is 12.1 Å². The highest BCUT2D eigenvalue weighted by Crippen LogP contribution is 2.37. The van der Waals surface area contributed by atoms with Gasteiger partial charge in [0.1, 0.15) is 0 Å². The summed E-state index contributed by atoms with van der Waals surface area (Å²) in [5.41, 5.74) is 4.58. The number of piperidine rings is 1. The largest absolute Gasteiger partial charge is 0.502 e. The average molecular weight is 607 g/mol. The smallest absolute Gasteiger partial charge is 0.254 e. The number of phenols is 1. The Bertz CT molecular complexity index is 1560. The summed E-state index contributed by atoms with van der Waals surface area (Å²) in [6.45, 7) is 4.15. The van der Waals surface area contributed by atoms with Crippen LogP contribution in [0.4, 0.5) is 0 Å². The number of carbonyl (C=O) groups is 2. The van der Waals surface area contributed by atoms with Crippen molar-refractivity contribution < 1.29 is 24.2 Å². The predicted molar refractivity (Wildman–Crippen MR) is 173 cm³/mol. The molecule has 2 aliphatic rings. The lowest BCUT2D eigenvalue weighted by molar-refractivity contribution is 0.0412. The van der Waals surface area contributed by atoms with Gasteiger partial charge in [0, 0.05) is 67.6 Å². The van der Waals surface area contributed by atoms with Crippen LogP contribution < -0.4 is 9.47 Å². The minimum atomic E-state index is -0.120. The highest BCUT2D eigenvalue weighted by molar-refractivity contribution is 5.97. The number of hydrogen-bond acceptors (Lipinski definition) is 7. The van der Waals surface area contributed by atoms with Crippen LogP contribution in [0.15, 0.2) is 84.9 Å². The van der Waals surface area contributed by atoms with Gasteiger partial charge in [-0.1, -0.05) is 60.7 Å². The molecule has 45 heavy (non-hydrogen) atoms. The highest BCUT2D eigenvalue weighted by atomic mass is 16.5. The fraction of sp³-hybridized carbons (Fsp3) is 0.306. The van der Waals surface area contributed by atoms with E-state index in [1.165, 1.54) is 14.2 Å². The average Bonchev–Trinajstić information content (AvgIpc) is 3.12. The summed E-state index contributed by atoms with van der Waals surface area (Å²) < 4.78 is 10.5. The first kappa shape index (κ1) is 30.1. The third-order valence-corrected chi connectivity index (χ3v) is 8.81. The van der Waals surface area contributed by atoms with Gasteiger partial charge in [-0.15, -0.1) is 0 Å². The molecule has 0 saturated carbocycles. The van der Waals surface area contributed by atoms with Crippen LogP contribution in [0.3, 0.4) is 0 Å². The number of rotatable bonds is 7. The van der Waals surface area contributed by atoms with Crippen LogP contribution in [0.1, 0.15) is 33.6 Å². The fourth-order valence-corrected chi connectivity index (χ4v) is 6.27. The summed E-state index contributed by atoms with van der Waals surface area (Å²) in [5, 5.41) is 10.2. The third kappa shape index (κ3) is 6.49. The minimum absolute atomic E-state index is 0.0200. The lowest BCUT2D eigenvalue weighted by Gasteiger charge is -2.42. The van der Waals surface area contributed by atoms with Crippen LogP contribution in [0, 0.1) is 0 Å². The fourth-order valence-electron chi connectivity index (χ4n) is 6.27. The first-order valence-electron chi connectivity index (χ1n) is 15.4. The number of benzene rings is 3. The van der Waals surface area contributed by atoms with Crippen molar-refractivity contribution in [3.63, 3.8) is 0 Å². The van der Waals surface area contributed by atoms with Crippen LogP contribution >= 0.6 is 0 Å². The van der Waals surface area contributed by atoms with Crippen molar-refractivity contribution in [2.24, 2.45) is 0 Å². The van der Waals surface area contributed by atoms with Crippen molar-refractivity contribution in [1.29, 1.82) is 0 Å². The number of piperazine rings is 1. The maximum Gasteiger partial charge on any atom is 0.254 e. The van der Waals surface area contributed by atoms with Crippen LogP contribution in [0.25, 0.3) is 22.5 Å². The van der Waals surface area contributed by atoms with Crippen molar-refractivity contribution in [1.82, 2.24) is 19.7 Å². The van der Waals surface area contributed by atoms with E-state index in [0.717, 1.165) is 48.4 Å². The van der Waals surface area contributed by atoms with Crippen molar-refractivity contribution in [3.8, 4) is 39.8 Å². The Morgan fingerprint density at radius 2 is 1.11 bits per heavy atom. The molecule has 4 aromatic rings. The number of nitrogens with zero attached hydrogens (tertiary/aromatic N) is 4. The molecule has 1 aromatic heterocycles. The molecule has 6 rings (SSSR count). The van der Waals surface area contributed by atoms with Gasteiger partial charge in [-0.25, -0.2) is 4.98 Å². The van der Waals surface area contributed by atoms with Gasteiger partial charge in [-0.2, -0.15) is 0 Å². The Morgan fingerprint density at radius 3 is 1.58 bits per heavy atom. The molecule has 1 N–H and O–H groups in total. The third-order valence-electron chi connectivity index (χ3n) is 8.81. The molecule has 0 bridgehead atoms. The second-order valence-corrected chi connectivity index (χ2v) is 11.4. The Balaban J connectivity index is 1.09. The van der Waals surface area contributed by atoms with E-state index in [4.69, 9.17) is 14.5 Å². The molecule has 0 atom stereocenters. The topological polar surface area (TPSA) is 95.4 Å². The maximum atomic E-state index is 13.8. The van der Waals surface area contributed by atoms with Crippen molar-refractivity contribution in [2.75, 3.05) is 53.5 Å². The predicted octanol–water partition coefficient (Wildman–Crippen LogP) is 5.20. The second-order valence-electron chi connectivity index (χ2n) is 11.4. The summed E-state index contributed by atoms with van der Waals surface area (Å²) in [7, 11) is 2.89. The molecule has 2 saturated heterocycles. The number of phenolic OH excluding ortho intramolecular Hbond substituents is 1. The summed E-state index contributed by atoms with van der Waals surface area (Å²) in [6.07, 6.45) is 1.72. The number of aromatic hydroxyl groups is 1. The SMILES string of the molecule is COc1cc(C(=O)N2CCC(N3CCN(C(=O)c4cc(-c5ccccc5)nc(-c5ccccc5)c4)CC3)CC2)cc(OC)c1O.